The summed E-state index contributed by atoms with van der Waals surface area (Å²) >= 11 is 3.46. The molecule has 3 aromatic rings. The third-order valence-electron chi connectivity index (χ3n) is 4.91. The van der Waals surface area contributed by atoms with E-state index in [4.69, 9.17) is 9.15 Å². The van der Waals surface area contributed by atoms with Crippen molar-refractivity contribution in [1.29, 1.82) is 0 Å². The Bertz CT molecular complexity index is 1010. The molecule has 2 N–H and O–H groups in total. The van der Waals surface area contributed by atoms with Crippen LogP contribution in [0.5, 0.6) is 0 Å². The summed E-state index contributed by atoms with van der Waals surface area (Å²) < 4.78 is 12.6. The van der Waals surface area contributed by atoms with Crippen molar-refractivity contribution in [3.8, 4) is 11.3 Å². The van der Waals surface area contributed by atoms with E-state index in [1.165, 1.54) is 6.92 Å². The van der Waals surface area contributed by atoms with Gasteiger partial charge in [0.2, 0.25) is 5.91 Å². The van der Waals surface area contributed by atoms with Crippen molar-refractivity contribution in [3.63, 3.8) is 0 Å². The van der Waals surface area contributed by atoms with Crippen molar-refractivity contribution < 1.29 is 13.9 Å². The Hall–Kier alpha value is -2.77. The first kappa shape index (κ1) is 20.5. The van der Waals surface area contributed by atoms with Crippen LogP contribution in [0.2, 0.25) is 0 Å². The van der Waals surface area contributed by atoms with Crippen molar-refractivity contribution in [3.05, 3.63) is 64.8 Å². The van der Waals surface area contributed by atoms with Crippen LogP contribution in [0.15, 0.2) is 63.5 Å². The van der Waals surface area contributed by atoms with Crippen LogP contribution < -0.4 is 15.5 Å². The maximum atomic E-state index is 11.5. The molecule has 156 valence electrons. The molecular weight excluding hydrogens is 446 g/mol. The molecule has 0 aliphatic carbocycles. The Balaban J connectivity index is 1.51. The third-order valence-corrected chi connectivity index (χ3v) is 5.44. The molecule has 1 aliphatic rings. The number of ether oxygens (including phenoxy) is 1. The van der Waals surface area contributed by atoms with Gasteiger partial charge < -0.3 is 24.7 Å². The first-order valence-electron chi connectivity index (χ1n) is 9.91. The lowest BCUT2D eigenvalue weighted by molar-refractivity contribution is -0.114. The van der Waals surface area contributed by atoms with Gasteiger partial charge in [0.1, 0.15) is 11.5 Å². The average Bonchev–Trinajstić information content (AvgIpc) is 3.22. The molecule has 6 nitrogen and oxygen atoms in total. The van der Waals surface area contributed by atoms with Gasteiger partial charge in [0.25, 0.3) is 0 Å². The zero-order valence-corrected chi connectivity index (χ0v) is 18.4. The van der Waals surface area contributed by atoms with E-state index in [1.54, 1.807) is 0 Å². The van der Waals surface area contributed by atoms with Gasteiger partial charge in [-0.05, 0) is 42.5 Å². The summed E-state index contributed by atoms with van der Waals surface area (Å²) in [6.45, 7) is 5.09. The van der Waals surface area contributed by atoms with E-state index in [1.807, 2.05) is 54.6 Å². The molecule has 0 unspecified atom stereocenters. The van der Waals surface area contributed by atoms with E-state index < -0.39 is 0 Å². The van der Waals surface area contributed by atoms with Gasteiger partial charge in [0.05, 0.1) is 31.1 Å². The van der Waals surface area contributed by atoms with Crippen LogP contribution in [-0.2, 0) is 16.1 Å². The summed E-state index contributed by atoms with van der Waals surface area (Å²) in [4.78, 5) is 13.7. The van der Waals surface area contributed by atoms with Crippen LogP contribution in [0.4, 0.5) is 17.1 Å². The van der Waals surface area contributed by atoms with Crippen LogP contribution >= 0.6 is 15.9 Å². The maximum absolute atomic E-state index is 11.5. The van der Waals surface area contributed by atoms with Gasteiger partial charge in [-0.1, -0.05) is 28.1 Å². The van der Waals surface area contributed by atoms with Gasteiger partial charge in [0, 0.05) is 35.7 Å². The highest BCUT2D eigenvalue weighted by molar-refractivity contribution is 9.10. The number of anilines is 3. The van der Waals surface area contributed by atoms with E-state index in [9.17, 15) is 4.79 Å². The summed E-state index contributed by atoms with van der Waals surface area (Å²) in [7, 11) is 0. The minimum Gasteiger partial charge on any atom is -0.459 e. The molecule has 1 fully saturated rings. The van der Waals surface area contributed by atoms with Gasteiger partial charge in [-0.25, -0.2) is 0 Å². The van der Waals surface area contributed by atoms with Crippen LogP contribution in [0, 0.1) is 0 Å². The smallest absolute Gasteiger partial charge is 0.221 e. The summed E-state index contributed by atoms with van der Waals surface area (Å²) in [5.41, 5.74) is 3.86. The molecule has 0 saturated carbocycles. The molecule has 0 atom stereocenters. The highest BCUT2D eigenvalue weighted by atomic mass is 79.9. The molecule has 2 aromatic carbocycles. The quantitative estimate of drug-likeness (QED) is 0.524. The lowest BCUT2D eigenvalue weighted by Crippen LogP contribution is -2.36. The second-order valence-corrected chi connectivity index (χ2v) is 8.05. The number of carbonyl (C=O) groups excluding carboxylic acids is 1. The molecule has 0 spiro atoms. The van der Waals surface area contributed by atoms with E-state index in [2.05, 4.69) is 31.5 Å². The number of rotatable bonds is 6. The van der Waals surface area contributed by atoms with Crippen molar-refractivity contribution >= 4 is 38.9 Å². The molecule has 0 radical (unpaired) electrons. The topological polar surface area (TPSA) is 66.7 Å². The van der Waals surface area contributed by atoms with E-state index in [0.29, 0.717) is 19.8 Å². The molecule has 1 aromatic heterocycles. The summed E-state index contributed by atoms with van der Waals surface area (Å²) in [6.07, 6.45) is 0. The van der Waals surface area contributed by atoms with Gasteiger partial charge in [-0.2, -0.15) is 0 Å². The molecule has 7 heteroatoms. The molecule has 1 amide bonds. The maximum Gasteiger partial charge on any atom is 0.221 e. The average molecular weight is 470 g/mol. The van der Waals surface area contributed by atoms with Gasteiger partial charge in [0.15, 0.2) is 0 Å². The monoisotopic (exact) mass is 469 g/mol. The Kier molecular flexibility index (Phi) is 6.40. The van der Waals surface area contributed by atoms with Crippen LogP contribution in [0.3, 0.4) is 0 Å². The number of hydrogen-bond acceptors (Lipinski definition) is 5. The van der Waals surface area contributed by atoms with Gasteiger partial charge >= 0.3 is 0 Å². The second-order valence-electron chi connectivity index (χ2n) is 7.14. The third kappa shape index (κ3) is 5.04. The molecule has 4 rings (SSSR count). The fourth-order valence-electron chi connectivity index (χ4n) is 3.45. The van der Waals surface area contributed by atoms with Crippen LogP contribution in [0.1, 0.15) is 12.7 Å². The molecule has 1 saturated heterocycles. The van der Waals surface area contributed by atoms with Gasteiger partial charge in [-0.3, -0.25) is 4.79 Å². The van der Waals surface area contributed by atoms with E-state index >= 15 is 0 Å². The lowest BCUT2D eigenvalue weighted by Gasteiger charge is -2.31. The van der Waals surface area contributed by atoms with Crippen molar-refractivity contribution in [2.75, 3.05) is 41.8 Å². The minimum atomic E-state index is -0.0836. The SMILES string of the molecule is CC(=O)Nc1ccc(NCc2ccc(-c3ccc(Br)cc3)o2)c(N2CCOCC2)c1. The molecule has 2 heterocycles. The van der Waals surface area contributed by atoms with Crippen molar-refractivity contribution in [1.82, 2.24) is 0 Å². The Labute approximate surface area is 184 Å². The molecule has 30 heavy (non-hydrogen) atoms. The molecular formula is C23H24BrN3O3. The zero-order chi connectivity index (χ0) is 20.9. The number of furan rings is 1. The van der Waals surface area contributed by atoms with Crippen molar-refractivity contribution in [2.45, 2.75) is 13.5 Å². The highest BCUT2D eigenvalue weighted by Gasteiger charge is 2.16. The number of benzene rings is 2. The number of morpholine rings is 1. The molecule has 0 bridgehead atoms. The summed E-state index contributed by atoms with van der Waals surface area (Å²) in [6, 6.07) is 17.9. The zero-order valence-electron chi connectivity index (χ0n) is 16.8. The number of nitrogens with zero attached hydrogens (tertiary/aromatic N) is 1. The Morgan fingerprint density at radius 2 is 1.83 bits per heavy atom. The van der Waals surface area contributed by atoms with E-state index in [0.717, 1.165) is 51.7 Å². The number of hydrogen-bond donors (Lipinski definition) is 2. The van der Waals surface area contributed by atoms with Crippen LogP contribution in [0.25, 0.3) is 11.3 Å². The Morgan fingerprint density at radius 1 is 1.07 bits per heavy atom. The summed E-state index contributed by atoms with van der Waals surface area (Å²) in [5, 5.41) is 6.35. The normalized spacial score (nSPS) is 13.9. The predicted molar refractivity (Wildman–Crippen MR) is 123 cm³/mol. The van der Waals surface area contributed by atoms with Gasteiger partial charge in [-0.15, -0.1) is 0 Å². The second kappa shape index (κ2) is 9.36. The first-order chi connectivity index (χ1) is 14.6. The minimum absolute atomic E-state index is 0.0836. The lowest BCUT2D eigenvalue weighted by atomic mass is 10.2. The molecule has 1 aliphatic heterocycles. The predicted octanol–water partition coefficient (Wildman–Crippen LogP) is 5.12. The van der Waals surface area contributed by atoms with E-state index in [-0.39, 0.29) is 5.91 Å². The fourth-order valence-corrected chi connectivity index (χ4v) is 3.72. The fraction of sp³-hybridized carbons (Fsp3) is 0.261. The number of carbonyl (C=O) groups is 1. The largest absolute Gasteiger partial charge is 0.459 e. The number of amides is 1. The van der Waals surface area contributed by atoms with Crippen molar-refractivity contribution in [2.24, 2.45) is 0 Å². The number of halogens is 1. The highest BCUT2D eigenvalue weighted by Crippen LogP contribution is 2.31. The standard InChI is InChI=1S/C23H24BrN3O3/c1-16(28)26-19-6-8-21(22(14-19)27-10-12-29-13-11-27)25-15-20-7-9-23(30-20)17-2-4-18(24)5-3-17/h2-9,14,25H,10-13,15H2,1H3,(H,26,28). The summed E-state index contributed by atoms with van der Waals surface area (Å²) in [5.74, 6) is 1.61. The Morgan fingerprint density at radius 3 is 2.57 bits per heavy atom. The number of nitrogens with one attached hydrogen (secondary N) is 2. The van der Waals surface area contributed by atoms with Crippen LogP contribution in [-0.4, -0.2) is 32.2 Å². The first-order valence-corrected chi connectivity index (χ1v) is 10.7.